The third-order valence-electron chi connectivity index (χ3n) is 4.57. The van der Waals surface area contributed by atoms with E-state index in [0.29, 0.717) is 24.9 Å². The van der Waals surface area contributed by atoms with Gasteiger partial charge in [-0.3, -0.25) is 9.48 Å². The van der Waals surface area contributed by atoms with Gasteiger partial charge in [0.2, 0.25) is 11.8 Å². The first-order valence-electron chi connectivity index (χ1n) is 8.18. The number of aromatic nitrogens is 4. The molecule has 3 rings (SSSR count). The van der Waals surface area contributed by atoms with Gasteiger partial charge in [0.15, 0.2) is 5.82 Å². The second-order valence-electron chi connectivity index (χ2n) is 6.28. The summed E-state index contributed by atoms with van der Waals surface area (Å²) in [6.45, 7) is 3.94. The van der Waals surface area contributed by atoms with E-state index < -0.39 is 0 Å². The molecule has 3 heterocycles. The van der Waals surface area contributed by atoms with Crippen LogP contribution >= 0.6 is 0 Å². The summed E-state index contributed by atoms with van der Waals surface area (Å²) in [6, 6.07) is 1.81. The van der Waals surface area contributed by atoms with Crippen LogP contribution in [-0.2, 0) is 21.5 Å². The van der Waals surface area contributed by atoms with E-state index in [-0.39, 0.29) is 17.9 Å². The average molecular weight is 333 g/mol. The maximum absolute atomic E-state index is 12.6. The zero-order valence-electron chi connectivity index (χ0n) is 14.1. The molecule has 0 N–H and O–H groups in total. The summed E-state index contributed by atoms with van der Waals surface area (Å²) in [5, 5.41) is 8.24. The Hall–Kier alpha value is -2.22. The normalized spacial score (nSPS) is 21.2. The number of likely N-dealkylation sites (tertiary alicyclic amines) is 1. The van der Waals surface area contributed by atoms with Crippen molar-refractivity contribution in [1.29, 1.82) is 0 Å². The zero-order chi connectivity index (χ0) is 17.0. The number of carbonyl (C=O) groups is 1. The van der Waals surface area contributed by atoms with Gasteiger partial charge in [-0.15, -0.1) is 0 Å². The van der Waals surface area contributed by atoms with Crippen molar-refractivity contribution in [2.24, 2.45) is 0 Å². The number of hydrogen-bond donors (Lipinski definition) is 0. The van der Waals surface area contributed by atoms with Gasteiger partial charge in [-0.05, 0) is 25.3 Å². The van der Waals surface area contributed by atoms with Crippen molar-refractivity contribution >= 4 is 5.91 Å². The Kier molecular flexibility index (Phi) is 4.94. The summed E-state index contributed by atoms with van der Waals surface area (Å²) < 4.78 is 12.1. The lowest BCUT2D eigenvalue weighted by molar-refractivity contribution is -0.134. The van der Waals surface area contributed by atoms with E-state index in [1.54, 1.807) is 31.1 Å². The molecule has 2 aromatic heterocycles. The molecule has 1 saturated heterocycles. The van der Waals surface area contributed by atoms with Gasteiger partial charge in [0.25, 0.3) is 0 Å². The number of ether oxygens (including phenoxy) is 1. The molecule has 1 fully saturated rings. The maximum Gasteiger partial charge on any atom is 0.244 e. The molecule has 1 aliphatic heterocycles. The molecule has 2 aromatic rings. The minimum atomic E-state index is -0.314. The Bertz CT molecular complexity index is 669. The molecule has 0 spiro atoms. The first-order chi connectivity index (χ1) is 11.6. The van der Waals surface area contributed by atoms with Gasteiger partial charge >= 0.3 is 0 Å². The predicted octanol–water partition coefficient (Wildman–Crippen LogP) is 1.17. The van der Waals surface area contributed by atoms with Crippen LogP contribution < -0.4 is 0 Å². The summed E-state index contributed by atoms with van der Waals surface area (Å²) in [5.41, 5.74) is -0.314. The fourth-order valence-electron chi connectivity index (χ4n) is 3.29. The first-order valence-corrected chi connectivity index (χ1v) is 8.18. The Morgan fingerprint density at radius 3 is 3.04 bits per heavy atom. The van der Waals surface area contributed by atoms with E-state index in [1.807, 2.05) is 11.0 Å². The van der Waals surface area contributed by atoms with E-state index >= 15 is 0 Å². The fraction of sp³-hybridized carbons (Fsp3) is 0.625. The highest BCUT2D eigenvalue weighted by molar-refractivity contribution is 5.76. The third kappa shape index (κ3) is 3.48. The van der Waals surface area contributed by atoms with Gasteiger partial charge in [0, 0.05) is 46.1 Å². The Morgan fingerprint density at radius 1 is 1.50 bits per heavy atom. The lowest BCUT2D eigenvalue weighted by Crippen LogP contribution is -2.50. The quantitative estimate of drug-likeness (QED) is 0.789. The van der Waals surface area contributed by atoms with Gasteiger partial charge in [-0.1, -0.05) is 5.16 Å². The molecule has 1 unspecified atom stereocenters. The lowest BCUT2D eigenvalue weighted by Gasteiger charge is -2.40. The molecule has 8 heteroatoms. The fourth-order valence-corrected chi connectivity index (χ4v) is 3.29. The highest BCUT2D eigenvalue weighted by atomic mass is 16.5. The molecule has 130 valence electrons. The molecule has 1 amide bonds. The summed E-state index contributed by atoms with van der Waals surface area (Å²) in [5.74, 6) is 1.27. The van der Waals surface area contributed by atoms with Crippen LogP contribution in [0, 0.1) is 6.92 Å². The van der Waals surface area contributed by atoms with E-state index in [4.69, 9.17) is 9.26 Å². The topological polar surface area (TPSA) is 86.3 Å². The number of nitrogens with zero attached hydrogens (tertiary/aromatic N) is 5. The third-order valence-corrected chi connectivity index (χ3v) is 4.57. The molecule has 0 bridgehead atoms. The van der Waals surface area contributed by atoms with E-state index in [1.165, 1.54) is 0 Å². The summed E-state index contributed by atoms with van der Waals surface area (Å²) in [4.78, 5) is 19.0. The molecule has 1 atom stereocenters. The SMILES string of the molecule is COCCC1(c2noc(C)n2)CCCN(C(=O)Cn2cccn2)C1. The van der Waals surface area contributed by atoms with Crippen molar-refractivity contribution in [3.05, 3.63) is 30.2 Å². The number of methoxy groups -OCH3 is 1. The van der Waals surface area contributed by atoms with Crippen molar-refractivity contribution < 1.29 is 14.1 Å². The molecular weight excluding hydrogens is 310 g/mol. The average Bonchev–Trinajstić information content (AvgIpc) is 3.25. The van der Waals surface area contributed by atoms with Gasteiger partial charge in [-0.2, -0.15) is 10.1 Å². The van der Waals surface area contributed by atoms with E-state index in [0.717, 1.165) is 25.8 Å². The predicted molar refractivity (Wildman–Crippen MR) is 85.2 cm³/mol. The largest absolute Gasteiger partial charge is 0.385 e. The summed E-state index contributed by atoms with van der Waals surface area (Å²) >= 11 is 0. The van der Waals surface area contributed by atoms with Crippen LogP contribution in [0.3, 0.4) is 0 Å². The Labute approximate surface area is 140 Å². The van der Waals surface area contributed by atoms with Crippen LogP contribution in [0.25, 0.3) is 0 Å². The number of rotatable bonds is 6. The van der Waals surface area contributed by atoms with Crippen molar-refractivity contribution in [2.45, 2.75) is 38.1 Å². The van der Waals surface area contributed by atoms with Crippen LogP contribution in [0.15, 0.2) is 23.0 Å². The highest BCUT2D eigenvalue weighted by Crippen LogP contribution is 2.35. The van der Waals surface area contributed by atoms with Crippen molar-refractivity contribution in [1.82, 2.24) is 24.8 Å². The van der Waals surface area contributed by atoms with Crippen LogP contribution in [0.2, 0.25) is 0 Å². The van der Waals surface area contributed by atoms with Crippen molar-refractivity contribution in [3.63, 3.8) is 0 Å². The number of amides is 1. The zero-order valence-corrected chi connectivity index (χ0v) is 14.1. The second kappa shape index (κ2) is 7.12. The smallest absolute Gasteiger partial charge is 0.244 e. The molecule has 0 aliphatic carbocycles. The Balaban J connectivity index is 1.77. The number of hydrogen-bond acceptors (Lipinski definition) is 6. The van der Waals surface area contributed by atoms with E-state index in [9.17, 15) is 4.79 Å². The van der Waals surface area contributed by atoms with E-state index in [2.05, 4.69) is 15.2 Å². The number of carbonyl (C=O) groups excluding carboxylic acids is 1. The number of aryl methyl sites for hydroxylation is 1. The second-order valence-corrected chi connectivity index (χ2v) is 6.28. The first kappa shape index (κ1) is 16.6. The van der Waals surface area contributed by atoms with Gasteiger partial charge < -0.3 is 14.2 Å². The minimum Gasteiger partial charge on any atom is -0.385 e. The van der Waals surface area contributed by atoms with Crippen LogP contribution in [-0.4, -0.2) is 57.5 Å². The molecule has 0 radical (unpaired) electrons. The van der Waals surface area contributed by atoms with Crippen LogP contribution in [0.1, 0.15) is 31.0 Å². The van der Waals surface area contributed by atoms with Crippen molar-refractivity contribution in [2.75, 3.05) is 26.8 Å². The van der Waals surface area contributed by atoms with Crippen molar-refractivity contribution in [3.8, 4) is 0 Å². The lowest BCUT2D eigenvalue weighted by atomic mass is 9.76. The molecule has 1 aliphatic rings. The maximum atomic E-state index is 12.6. The monoisotopic (exact) mass is 333 g/mol. The van der Waals surface area contributed by atoms with Gasteiger partial charge in [0.1, 0.15) is 6.54 Å². The molecular formula is C16H23N5O3. The highest BCUT2D eigenvalue weighted by Gasteiger charge is 2.42. The molecule has 8 nitrogen and oxygen atoms in total. The van der Waals surface area contributed by atoms with Crippen LogP contribution in [0.5, 0.6) is 0 Å². The molecule has 0 saturated carbocycles. The number of piperidine rings is 1. The Morgan fingerprint density at radius 2 is 2.38 bits per heavy atom. The molecule has 24 heavy (non-hydrogen) atoms. The van der Waals surface area contributed by atoms with Gasteiger partial charge in [0.05, 0.1) is 5.41 Å². The summed E-state index contributed by atoms with van der Waals surface area (Å²) in [7, 11) is 1.68. The summed E-state index contributed by atoms with van der Waals surface area (Å²) in [6.07, 6.45) is 6.05. The van der Waals surface area contributed by atoms with Gasteiger partial charge in [-0.25, -0.2) is 0 Å². The van der Waals surface area contributed by atoms with Crippen LogP contribution in [0.4, 0.5) is 0 Å². The standard InChI is InChI=1S/C16H23N5O3/c1-13-18-15(19-24-13)16(6-10-23-2)5-3-8-20(12-16)14(22)11-21-9-4-7-17-21/h4,7,9H,3,5-6,8,10-12H2,1-2H3. The minimum absolute atomic E-state index is 0.0559. The molecule has 0 aromatic carbocycles.